The first-order chi connectivity index (χ1) is 8.31. The molecule has 1 aliphatic heterocycles. The van der Waals surface area contributed by atoms with Gasteiger partial charge in [-0.1, -0.05) is 6.42 Å². The van der Waals surface area contributed by atoms with Crippen molar-refractivity contribution < 1.29 is 0 Å². The molecule has 1 aliphatic rings. The lowest BCUT2D eigenvalue weighted by atomic mass is 9.96. The minimum atomic E-state index is 0.584. The molecule has 0 aliphatic carbocycles. The van der Waals surface area contributed by atoms with Crippen LogP contribution in [0.15, 0.2) is 24.5 Å². The van der Waals surface area contributed by atoms with Gasteiger partial charge in [0.1, 0.15) is 0 Å². The first-order valence-corrected chi connectivity index (χ1v) is 6.66. The maximum Gasteiger partial charge on any atom is 0.0270 e. The van der Waals surface area contributed by atoms with Gasteiger partial charge in [0.25, 0.3) is 0 Å². The second-order valence-electron chi connectivity index (χ2n) is 5.01. The van der Waals surface area contributed by atoms with Crippen molar-refractivity contribution in [3.05, 3.63) is 30.1 Å². The van der Waals surface area contributed by atoms with Gasteiger partial charge in [-0.05, 0) is 43.9 Å². The molecule has 2 heterocycles. The SMILES string of the molecule is CC1CCCC(CN)N1CCc1ccncc1. The number of nitrogens with two attached hydrogens (primary N) is 1. The highest BCUT2D eigenvalue weighted by atomic mass is 15.2. The number of hydrogen-bond donors (Lipinski definition) is 1. The van der Waals surface area contributed by atoms with E-state index in [4.69, 9.17) is 5.73 Å². The van der Waals surface area contributed by atoms with Crippen LogP contribution in [0.2, 0.25) is 0 Å². The molecular weight excluding hydrogens is 210 g/mol. The highest BCUT2D eigenvalue weighted by Gasteiger charge is 2.26. The van der Waals surface area contributed by atoms with Gasteiger partial charge in [-0.15, -0.1) is 0 Å². The van der Waals surface area contributed by atoms with Gasteiger partial charge in [0, 0.05) is 37.6 Å². The maximum absolute atomic E-state index is 5.87. The lowest BCUT2D eigenvalue weighted by molar-refractivity contribution is 0.0988. The molecule has 1 saturated heterocycles. The molecule has 2 rings (SSSR count). The number of aromatic nitrogens is 1. The van der Waals surface area contributed by atoms with Crippen LogP contribution in [0, 0.1) is 0 Å². The van der Waals surface area contributed by atoms with E-state index in [0.29, 0.717) is 12.1 Å². The van der Waals surface area contributed by atoms with Gasteiger partial charge in [0.15, 0.2) is 0 Å². The molecule has 17 heavy (non-hydrogen) atoms. The van der Waals surface area contributed by atoms with Gasteiger partial charge in [-0.2, -0.15) is 0 Å². The Morgan fingerprint density at radius 1 is 1.35 bits per heavy atom. The van der Waals surface area contributed by atoms with E-state index in [0.717, 1.165) is 19.5 Å². The largest absolute Gasteiger partial charge is 0.329 e. The van der Waals surface area contributed by atoms with Crippen molar-refractivity contribution in [3.63, 3.8) is 0 Å². The van der Waals surface area contributed by atoms with Gasteiger partial charge in [-0.25, -0.2) is 0 Å². The Balaban J connectivity index is 1.92. The molecule has 1 aromatic heterocycles. The van der Waals surface area contributed by atoms with E-state index >= 15 is 0 Å². The van der Waals surface area contributed by atoms with Crippen LogP contribution in [0.25, 0.3) is 0 Å². The van der Waals surface area contributed by atoms with Gasteiger partial charge in [0.05, 0.1) is 0 Å². The second kappa shape index (κ2) is 6.12. The smallest absolute Gasteiger partial charge is 0.0270 e. The summed E-state index contributed by atoms with van der Waals surface area (Å²) >= 11 is 0. The van der Waals surface area contributed by atoms with E-state index in [2.05, 4.69) is 28.9 Å². The van der Waals surface area contributed by atoms with Crippen LogP contribution in [0.4, 0.5) is 0 Å². The topological polar surface area (TPSA) is 42.1 Å². The molecule has 1 aromatic rings. The van der Waals surface area contributed by atoms with Crippen LogP contribution in [-0.2, 0) is 6.42 Å². The number of hydrogen-bond acceptors (Lipinski definition) is 3. The highest BCUT2D eigenvalue weighted by Crippen LogP contribution is 2.22. The average Bonchev–Trinajstić information content (AvgIpc) is 2.38. The van der Waals surface area contributed by atoms with Crippen LogP contribution in [-0.4, -0.2) is 35.1 Å². The fraction of sp³-hybridized carbons (Fsp3) is 0.643. The third-order valence-electron chi connectivity index (χ3n) is 3.87. The molecule has 2 unspecified atom stereocenters. The minimum absolute atomic E-state index is 0.584. The summed E-state index contributed by atoms with van der Waals surface area (Å²) in [5.41, 5.74) is 7.24. The molecular formula is C14H23N3. The molecule has 1 fully saturated rings. The van der Waals surface area contributed by atoms with Gasteiger partial charge < -0.3 is 5.73 Å². The van der Waals surface area contributed by atoms with Crippen molar-refractivity contribution in [2.24, 2.45) is 5.73 Å². The van der Waals surface area contributed by atoms with Crippen molar-refractivity contribution in [2.45, 2.75) is 44.7 Å². The number of nitrogens with zero attached hydrogens (tertiary/aromatic N) is 2. The maximum atomic E-state index is 5.87. The summed E-state index contributed by atoms with van der Waals surface area (Å²) in [7, 11) is 0. The number of rotatable bonds is 4. The Morgan fingerprint density at radius 2 is 2.12 bits per heavy atom. The van der Waals surface area contributed by atoms with E-state index in [-0.39, 0.29) is 0 Å². The Morgan fingerprint density at radius 3 is 2.82 bits per heavy atom. The first kappa shape index (κ1) is 12.5. The molecule has 0 amide bonds. The minimum Gasteiger partial charge on any atom is -0.329 e. The molecule has 0 spiro atoms. The standard InChI is InChI=1S/C14H23N3/c1-12-3-2-4-14(11-15)17(12)10-7-13-5-8-16-9-6-13/h5-6,8-9,12,14H,2-4,7,10-11,15H2,1H3. The number of likely N-dealkylation sites (tertiary alicyclic amines) is 1. The fourth-order valence-corrected chi connectivity index (χ4v) is 2.80. The molecule has 94 valence electrons. The van der Waals surface area contributed by atoms with E-state index in [1.165, 1.54) is 24.8 Å². The van der Waals surface area contributed by atoms with E-state index in [1.54, 1.807) is 0 Å². The zero-order valence-corrected chi connectivity index (χ0v) is 10.7. The van der Waals surface area contributed by atoms with E-state index in [1.807, 2.05) is 12.4 Å². The van der Waals surface area contributed by atoms with Crippen molar-refractivity contribution >= 4 is 0 Å². The van der Waals surface area contributed by atoms with E-state index in [9.17, 15) is 0 Å². The second-order valence-corrected chi connectivity index (χ2v) is 5.01. The summed E-state index contributed by atoms with van der Waals surface area (Å²) in [5, 5.41) is 0. The summed E-state index contributed by atoms with van der Waals surface area (Å²) in [6.07, 6.45) is 8.74. The van der Waals surface area contributed by atoms with Crippen molar-refractivity contribution in [1.29, 1.82) is 0 Å². The lowest BCUT2D eigenvalue weighted by Gasteiger charge is -2.40. The fourth-order valence-electron chi connectivity index (χ4n) is 2.80. The summed E-state index contributed by atoms with van der Waals surface area (Å²) in [4.78, 5) is 6.64. The van der Waals surface area contributed by atoms with Crippen LogP contribution in [0.5, 0.6) is 0 Å². The summed E-state index contributed by atoms with van der Waals surface area (Å²) in [6, 6.07) is 5.47. The molecule has 2 N–H and O–H groups in total. The normalized spacial score (nSPS) is 26.0. The van der Waals surface area contributed by atoms with Crippen molar-refractivity contribution in [3.8, 4) is 0 Å². The molecule has 2 atom stereocenters. The van der Waals surface area contributed by atoms with Gasteiger partial charge >= 0.3 is 0 Å². The molecule has 3 nitrogen and oxygen atoms in total. The average molecular weight is 233 g/mol. The third-order valence-corrected chi connectivity index (χ3v) is 3.87. The van der Waals surface area contributed by atoms with Gasteiger partial charge in [0.2, 0.25) is 0 Å². The molecule has 0 bridgehead atoms. The zero-order chi connectivity index (χ0) is 12.1. The van der Waals surface area contributed by atoms with Crippen molar-refractivity contribution in [2.75, 3.05) is 13.1 Å². The van der Waals surface area contributed by atoms with Crippen LogP contribution >= 0.6 is 0 Å². The molecule has 0 aromatic carbocycles. The third kappa shape index (κ3) is 3.27. The van der Waals surface area contributed by atoms with E-state index < -0.39 is 0 Å². The van der Waals surface area contributed by atoms with Crippen LogP contribution < -0.4 is 5.73 Å². The Hall–Kier alpha value is -0.930. The Labute approximate surface area is 104 Å². The van der Waals surface area contributed by atoms with Gasteiger partial charge in [-0.3, -0.25) is 9.88 Å². The summed E-state index contributed by atoms with van der Waals surface area (Å²) in [6.45, 7) is 4.24. The Kier molecular flexibility index (Phi) is 4.51. The number of piperidine rings is 1. The molecule has 0 radical (unpaired) electrons. The predicted octanol–water partition coefficient (Wildman–Crippen LogP) is 1.83. The summed E-state index contributed by atoms with van der Waals surface area (Å²) in [5.74, 6) is 0. The summed E-state index contributed by atoms with van der Waals surface area (Å²) < 4.78 is 0. The Bertz CT molecular complexity index is 325. The van der Waals surface area contributed by atoms with Crippen LogP contribution in [0.1, 0.15) is 31.7 Å². The molecule has 0 saturated carbocycles. The van der Waals surface area contributed by atoms with Crippen LogP contribution in [0.3, 0.4) is 0 Å². The first-order valence-electron chi connectivity index (χ1n) is 6.66. The lowest BCUT2D eigenvalue weighted by Crippen LogP contribution is -2.49. The molecule has 3 heteroatoms. The van der Waals surface area contributed by atoms with Crippen molar-refractivity contribution in [1.82, 2.24) is 9.88 Å². The quantitative estimate of drug-likeness (QED) is 0.862. The predicted molar refractivity (Wildman–Crippen MR) is 70.8 cm³/mol. The highest BCUT2D eigenvalue weighted by molar-refractivity contribution is 5.10. The zero-order valence-electron chi connectivity index (χ0n) is 10.7. The monoisotopic (exact) mass is 233 g/mol. The number of pyridine rings is 1.